The molecule has 0 saturated carbocycles. The van der Waals surface area contributed by atoms with Crippen LogP contribution in [0.15, 0.2) is 30.3 Å². The monoisotopic (exact) mass is 347 g/mol. The van der Waals surface area contributed by atoms with E-state index in [2.05, 4.69) is 5.32 Å². The van der Waals surface area contributed by atoms with E-state index in [1.54, 1.807) is 13.2 Å². The van der Waals surface area contributed by atoms with Crippen molar-refractivity contribution < 1.29 is 14.3 Å². The molecule has 1 aliphatic rings. The first kappa shape index (κ1) is 17.9. The Labute approximate surface area is 146 Å². The summed E-state index contributed by atoms with van der Waals surface area (Å²) in [5.74, 6) is -0.0967. The summed E-state index contributed by atoms with van der Waals surface area (Å²) in [7, 11) is 1.60. The second kappa shape index (κ2) is 8.44. The molecule has 1 aromatic carbocycles. The highest BCUT2D eigenvalue weighted by Crippen LogP contribution is 2.16. The van der Waals surface area contributed by atoms with Crippen LogP contribution in [0.5, 0.6) is 5.75 Å². The molecule has 1 aromatic rings. The van der Waals surface area contributed by atoms with Gasteiger partial charge in [-0.25, -0.2) is 0 Å². The summed E-state index contributed by atoms with van der Waals surface area (Å²) >= 11 is 5.24. The standard InChI is InChI=1S/C17H21N3O3S/c1-23-14-7-4-12(5-8-14)6-9-15(21)19-17(24)20-10-2-3-13(11-20)16(18)22/h4-9,13H,2-3,10-11H2,1H3,(H2,18,22)(H,19,21,24)/b9-6-/t13-/m0/s1. The van der Waals surface area contributed by atoms with Gasteiger partial charge in [0.05, 0.1) is 13.0 Å². The van der Waals surface area contributed by atoms with Crippen molar-refractivity contribution in [3.8, 4) is 5.75 Å². The molecule has 0 aliphatic carbocycles. The number of carbonyl (C=O) groups is 2. The number of rotatable bonds is 4. The van der Waals surface area contributed by atoms with E-state index < -0.39 is 0 Å². The Bertz CT molecular complexity index is 643. The summed E-state index contributed by atoms with van der Waals surface area (Å²) in [6, 6.07) is 7.34. The predicted octanol–water partition coefficient (Wildman–Crippen LogP) is 1.31. The highest BCUT2D eigenvalue weighted by Gasteiger charge is 2.25. The van der Waals surface area contributed by atoms with Crippen LogP contribution in [0.2, 0.25) is 0 Å². The van der Waals surface area contributed by atoms with Crippen LogP contribution in [-0.2, 0) is 9.59 Å². The minimum atomic E-state index is -0.326. The maximum Gasteiger partial charge on any atom is 0.250 e. The summed E-state index contributed by atoms with van der Waals surface area (Å²) in [4.78, 5) is 25.1. The summed E-state index contributed by atoms with van der Waals surface area (Å²) < 4.78 is 5.08. The van der Waals surface area contributed by atoms with E-state index in [0.29, 0.717) is 18.2 Å². The van der Waals surface area contributed by atoms with Crippen molar-refractivity contribution in [2.45, 2.75) is 12.8 Å². The topological polar surface area (TPSA) is 84.7 Å². The molecule has 2 amide bonds. The van der Waals surface area contributed by atoms with Gasteiger partial charge in [-0.15, -0.1) is 0 Å². The van der Waals surface area contributed by atoms with E-state index in [9.17, 15) is 9.59 Å². The molecule has 0 radical (unpaired) electrons. The van der Waals surface area contributed by atoms with Crippen LogP contribution in [0, 0.1) is 5.92 Å². The molecule has 0 unspecified atom stereocenters. The van der Waals surface area contributed by atoms with Crippen LogP contribution >= 0.6 is 12.2 Å². The molecule has 1 atom stereocenters. The van der Waals surface area contributed by atoms with E-state index in [0.717, 1.165) is 24.2 Å². The molecule has 7 heteroatoms. The lowest BCUT2D eigenvalue weighted by molar-refractivity contribution is -0.122. The van der Waals surface area contributed by atoms with Gasteiger partial charge in [-0.05, 0) is 48.8 Å². The summed E-state index contributed by atoms with van der Waals surface area (Å²) in [6.07, 6.45) is 4.70. The number of hydrogen-bond donors (Lipinski definition) is 2. The number of amides is 2. The molecule has 0 bridgehead atoms. The summed E-state index contributed by atoms with van der Waals surface area (Å²) in [6.45, 7) is 1.17. The molecule has 1 heterocycles. The summed E-state index contributed by atoms with van der Waals surface area (Å²) in [5, 5.41) is 2.98. The average Bonchev–Trinajstić information content (AvgIpc) is 2.60. The lowest BCUT2D eigenvalue weighted by atomic mass is 9.98. The van der Waals surface area contributed by atoms with Crippen molar-refractivity contribution in [1.82, 2.24) is 10.2 Å². The number of nitrogens with two attached hydrogens (primary N) is 1. The van der Waals surface area contributed by atoms with Crippen LogP contribution < -0.4 is 15.8 Å². The van der Waals surface area contributed by atoms with Crippen molar-refractivity contribution >= 4 is 35.2 Å². The number of methoxy groups -OCH3 is 1. The zero-order valence-corrected chi connectivity index (χ0v) is 14.3. The van der Waals surface area contributed by atoms with Gasteiger partial charge in [0.25, 0.3) is 0 Å². The van der Waals surface area contributed by atoms with E-state index >= 15 is 0 Å². The lowest BCUT2D eigenvalue weighted by Gasteiger charge is -2.32. The van der Waals surface area contributed by atoms with Crippen LogP contribution in [0.3, 0.4) is 0 Å². The number of nitrogens with one attached hydrogen (secondary N) is 1. The van der Waals surface area contributed by atoms with E-state index in [-0.39, 0.29) is 17.7 Å². The first-order valence-electron chi connectivity index (χ1n) is 7.71. The Morgan fingerprint density at radius 3 is 2.71 bits per heavy atom. The SMILES string of the molecule is COc1ccc(/C=C\C(=O)NC(=S)N2CCC[C@H](C(N)=O)C2)cc1. The zero-order chi connectivity index (χ0) is 17.5. The fourth-order valence-corrected chi connectivity index (χ4v) is 2.77. The maximum atomic E-state index is 12.0. The smallest absolute Gasteiger partial charge is 0.250 e. The highest BCUT2D eigenvalue weighted by molar-refractivity contribution is 7.80. The zero-order valence-electron chi connectivity index (χ0n) is 13.5. The van der Waals surface area contributed by atoms with E-state index in [4.69, 9.17) is 22.7 Å². The lowest BCUT2D eigenvalue weighted by Crippen LogP contribution is -2.49. The Morgan fingerprint density at radius 1 is 1.38 bits per heavy atom. The van der Waals surface area contributed by atoms with Crippen molar-refractivity contribution in [2.75, 3.05) is 20.2 Å². The first-order valence-corrected chi connectivity index (χ1v) is 8.11. The number of hydrogen-bond acceptors (Lipinski definition) is 4. The van der Waals surface area contributed by atoms with E-state index in [1.165, 1.54) is 6.08 Å². The van der Waals surface area contributed by atoms with Gasteiger partial charge < -0.3 is 15.4 Å². The quantitative estimate of drug-likeness (QED) is 0.634. The number of piperidine rings is 1. The average molecular weight is 347 g/mol. The highest BCUT2D eigenvalue weighted by atomic mass is 32.1. The van der Waals surface area contributed by atoms with Gasteiger partial charge in [-0.3, -0.25) is 14.9 Å². The number of ether oxygens (including phenoxy) is 1. The minimum Gasteiger partial charge on any atom is -0.497 e. The third-order valence-corrected chi connectivity index (χ3v) is 4.24. The van der Waals surface area contributed by atoms with Crippen LogP contribution in [0.25, 0.3) is 6.08 Å². The number of likely N-dealkylation sites (tertiary alicyclic amines) is 1. The fraction of sp³-hybridized carbons (Fsp3) is 0.353. The number of thiocarbonyl (C=S) groups is 1. The van der Waals surface area contributed by atoms with Crippen molar-refractivity contribution in [3.05, 3.63) is 35.9 Å². The molecule has 1 aliphatic heterocycles. The molecule has 24 heavy (non-hydrogen) atoms. The van der Waals surface area contributed by atoms with E-state index in [1.807, 2.05) is 29.2 Å². The Balaban J connectivity index is 1.87. The number of primary amides is 1. The van der Waals surface area contributed by atoms with Gasteiger partial charge in [0.15, 0.2) is 5.11 Å². The molecular weight excluding hydrogens is 326 g/mol. The summed E-state index contributed by atoms with van der Waals surface area (Å²) in [5.41, 5.74) is 6.23. The second-order valence-corrected chi connectivity index (χ2v) is 5.98. The number of nitrogens with zero attached hydrogens (tertiary/aromatic N) is 1. The molecule has 2 rings (SSSR count). The molecular formula is C17H21N3O3S. The van der Waals surface area contributed by atoms with Gasteiger partial charge >= 0.3 is 0 Å². The third kappa shape index (κ3) is 5.06. The van der Waals surface area contributed by atoms with Crippen molar-refractivity contribution in [3.63, 3.8) is 0 Å². The predicted molar refractivity (Wildman–Crippen MR) is 96.3 cm³/mol. The first-order chi connectivity index (χ1) is 11.5. The van der Waals surface area contributed by atoms with Gasteiger partial charge in [0, 0.05) is 19.2 Å². The molecule has 6 nitrogen and oxygen atoms in total. The van der Waals surface area contributed by atoms with Gasteiger partial charge in [0.2, 0.25) is 11.8 Å². The molecule has 1 fully saturated rings. The van der Waals surface area contributed by atoms with Crippen LogP contribution in [-0.4, -0.2) is 42.0 Å². The van der Waals surface area contributed by atoms with Crippen LogP contribution in [0.4, 0.5) is 0 Å². The second-order valence-electron chi connectivity index (χ2n) is 5.59. The number of benzene rings is 1. The van der Waals surface area contributed by atoms with Crippen molar-refractivity contribution in [2.24, 2.45) is 11.7 Å². The molecule has 1 saturated heterocycles. The molecule has 0 spiro atoms. The Morgan fingerprint density at radius 2 is 2.08 bits per heavy atom. The normalized spacial score (nSPS) is 17.5. The molecule has 0 aromatic heterocycles. The van der Waals surface area contributed by atoms with Gasteiger partial charge in [0.1, 0.15) is 5.75 Å². The maximum absolute atomic E-state index is 12.0. The molecule has 3 N–H and O–H groups in total. The van der Waals surface area contributed by atoms with Gasteiger partial charge in [-0.1, -0.05) is 12.1 Å². The Kier molecular flexibility index (Phi) is 6.31. The third-order valence-electron chi connectivity index (χ3n) is 3.88. The largest absolute Gasteiger partial charge is 0.497 e. The number of carbonyl (C=O) groups excluding carboxylic acids is 2. The van der Waals surface area contributed by atoms with Crippen LogP contribution in [0.1, 0.15) is 18.4 Å². The van der Waals surface area contributed by atoms with Crippen molar-refractivity contribution in [1.29, 1.82) is 0 Å². The Hall–Kier alpha value is -2.41. The fourth-order valence-electron chi connectivity index (χ4n) is 2.51. The van der Waals surface area contributed by atoms with Gasteiger partial charge in [-0.2, -0.15) is 0 Å². The molecule has 128 valence electrons. The minimum absolute atomic E-state index is 0.219.